The second kappa shape index (κ2) is 5.61. The van der Waals surface area contributed by atoms with Crippen molar-refractivity contribution in [1.82, 2.24) is 4.98 Å². The summed E-state index contributed by atoms with van der Waals surface area (Å²) in [5.74, 6) is 0.624. The Morgan fingerprint density at radius 3 is 2.94 bits per heavy atom. The Balaban J connectivity index is 2.00. The summed E-state index contributed by atoms with van der Waals surface area (Å²) in [6, 6.07) is 4.29. The molecule has 2 unspecified atom stereocenters. The van der Waals surface area contributed by atoms with Gasteiger partial charge < -0.3 is 0 Å². The Hall–Kier alpha value is -0.560. The number of hydrogen-bond acceptors (Lipinski definition) is 1. The van der Waals surface area contributed by atoms with E-state index in [0.717, 1.165) is 6.42 Å². The SMILES string of the molecule is CC(C)(C)C(Cl)CCC1CCCc2cccnc21. The lowest BCUT2D eigenvalue weighted by molar-refractivity contribution is 0.353. The molecule has 1 aliphatic rings. The molecule has 0 amide bonds. The average molecular weight is 266 g/mol. The minimum Gasteiger partial charge on any atom is -0.261 e. The van der Waals surface area contributed by atoms with Crippen molar-refractivity contribution in [3.05, 3.63) is 29.6 Å². The first-order valence-corrected chi connectivity index (χ1v) is 7.50. The van der Waals surface area contributed by atoms with Crippen molar-refractivity contribution in [2.75, 3.05) is 0 Å². The van der Waals surface area contributed by atoms with Gasteiger partial charge in [-0.15, -0.1) is 11.6 Å². The molecule has 0 aliphatic heterocycles. The first kappa shape index (κ1) is 13.9. The van der Waals surface area contributed by atoms with Crippen molar-refractivity contribution in [1.29, 1.82) is 0 Å². The maximum Gasteiger partial charge on any atom is 0.0466 e. The molecule has 0 aromatic carbocycles. The van der Waals surface area contributed by atoms with Crippen LogP contribution in [0, 0.1) is 5.41 Å². The van der Waals surface area contributed by atoms with Gasteiger partial charge in [-0.2, -0.15) is 0 Å². The number of nitrogens with zero attached hydrogens (tertiary/aromatic N) is 1. The van der Waals surface area contributed by atoms with Crippen LogP contribution in [0.5, 0.6) is 0 Å². The molecule has 0 saturated heterocycles. The van der Waals surface area contributed by atoms with Crippen molar-refractivity contribution in [3.63, 3.8) is 0 Å². The molecule has 0 spiro atoms. The molecule has 2 rings (SSSR count). The van der Waals surface area contributed by atoms with E-state index in [1.807, 2.05) is 6.20 Å². The van der Waals surface area contributed by atoms with Crippen LogP contribution in [0.25, 0.3) is 0 Å². The van der Waals surface area contributed by atoms with E-state index in [9.17, 15) is 0 Å². The first-order valence-electron chi connectivity index (χ1n) is 7.06. The summed E-state index contributed by atoms with van der Waals surface area (Å²) in [6.07, 6.45) is 7.97. The van der Waals surface area contributed by atoms with Crippen molar-refractivity contribution in [2.45, 2.75) is 64.2 Å². The molecule has 0 bridgehead atoms. The highest BCUT2D eigenvalue weighted by atomic mass is 35.5. The molecule has 2 heteroatoms. The van der Waals surface area contributed by atoms with Crippen LogP contribution in [0.3, 0.4) is 0 Å². The molecule has 1 aliphatic carbocycles. The Morgan fingerprint density at radius 1 is 1.44 bits per heavy atom. The summed E-state index contributed by atoms with van der Waals surface area (Å²) in [6.45, 7) is 6.66. The lowest BCUT2D eigenvalue weighted by atomic mass is 9.81. The highest BCUT2D eigenvalue weighted by molar-refractivity contribution is 6.21. The average Bonchev–Trinajstić information content (AvgIpc) is 2.34. The van der Waals surface area contributed by atoms with Crippen molar-refractivity contribution in [2.24, 2.45) is 5.41 Å². The summed E-state index contributed by atoms with van der Waals surface area (Å²) >= 11 is 6.48. The van der Waals surface area contributed by atoms with Gasteiger partial charge in [0.25, 0.3) is 0 Å². The first-order chi connectivity index (χ1) is 8.48. The fraction of sp³-hybridized carbons (Fsp3) is 0.688. The Labute approximate surface area is 116 Å². The molecule has 0 radical (unpaired) electrons. The van der Waals surface area contributed by atoms with Gasteiger partial charge in [-0.05, 0) is 49.1 Å². The van der Waals surface area contributed by atoms with Gasteiger partial charge in [0.2, 0.25) is 0 Å². The van der Waals surface area contributed by atoms with E-state index in [1.165, 1.54) is 36.9 Å². The lowest BCUT2D eigenvalue weighted by Gasteiger charge is -2.29. The topological polar surface area (TPSA) is 12.9 Å². The van der Waals surface area contributed by atoms with Crippen LogP contribution < -0.4 is 0 Å². The molecule has 18 heavy (non-hydrogen) atoms. The number of pyridine rings is 1. The van der Waals surface area contributed by atoms with E-state index in [2.05, 4.69) is 37.9 Å². The fourth-order valence-corrected chi connectivity index (χ4v) is 2.89. The second-order valence-corrected chi connectivity index (χ2v) is 7.07. The standard InChI is InChI=1S/C16H24ClN/c1-16(2,3)14(17)10-9-13-7-4-6-12-8-5-11-18-15(12)13/h5,8,11,13-14H,4,6-7,9-10H2,1-3H3. The third-order valence-electron chi connectivity index (χ3n) is 4.02. The molecule has 0 N–H and O–H groups in total. The minimum atomic E-state index is 0.198. The highest BCUT2D eigenvalue weighted by Gasteiger charge is 2.26. The highest BCUT2D eigenvalue weighted by Crippen LogP contribution is 2.36. The van der Waals surface area contributed by atoms with E-state index in [0.29, 0.717) is 5.92 Å². The van der Waals surface area contributed by atoms with E-state index in [-0.39, 0.29) is 10.8 Å². The van der Waals surface area contributed by atoms with E-state index in [4.69, 9.17) is 11.6 Å². The van der Waals surface area contributed by atoms with Gasteiger partial charge in [0, 0.05) is 23.2 Å². The van der Waals surface area contributed by atoms with E-state index in [1.54, 1.807) is 0 Å². The van der Waals surface area contributed by atoms with Crippen LogP contribution in [0.1, 0.15) is 63.6 Å². The molecule has 1 aromatic heterocycles. The second-order valence-electron chi connectivity index (χ2n) is 6.55. The van der Waals surface area contributed by atoms with Crippen LogP contribution in [-0.2, 0) is 6.42 Å². The number of hydrogen-bond donors (Lipinski definition) is 0. The fourth-order valence-electron chi connectivity index (χ4n) is 2.77. The van der Waals surface area contributed by atoms with Gasteiger partial charge in [0.05, 0.1) is 0 Å². The molecule has 1 nitrogen and oxygen atoms in total. The van der Waals surface area contributed by atoms with Gasteiger partial charge in [-0.1, -0.05) is 26.8 Å². The van der Waals surface area contributed by atoms with Gasteiger partial charge in [0.15, 0.2) is 0 Å². The van der Waals surface area contributed by atoms with Gasteiger partial charge in [0.1, 0.15) is 0 Å². The zero-order valence-electron chi connectivity index (χ0n) is 11.7. The largest absolute Gasteiger partial charge is 0.261 e. The van der Waals surface area contributed by atoms with Crippen LogP contribution in [0.2, 0.25) is 0 Å². The summed E-state index contributed by atoms with van der Waals surface area (Å²) in [7, 11) is 0. The van der Waals surface area contributed by atoms with Crippen molar-refractivity contribution in [3.8, 4) is 0 Å². The third-order valence-corrected chi connectivity index (χ3v) is 4.89. The predicted octanol–water partition coefficient (Wildman–Crippen LogP) is 4.94. The van der Waals surface area contributed by atoms with Gasteiger partial charge >= 0.3 is 0 Å². The number of fused-ring (bicyclic) bond motifs is 1. The monoisotopic (exact) mass is 265 g/mol. The van der Waals surface area contributed by atoms with Crippen molar-refractivity contribution >= 4 is 11.6 Å². The van der Waals surface area contributed by atoms with Gasteiger partial charge in [-0.25, -0.2) is 0 Å². The maximum atomic E-state index is 6.48. The number of alkyl halides is 1. The zero-order valence-corrected chi connectivity index (χ0v) is 12.5. The number of rotatable bonds is 3. The Morgan fingerprint density at radius 2 is 2.22 bits per heavy atom. The summed E-state index contributed by atoms with van der Waals surface area (Å²) in [5, 5.41) is 0.256. The smallest absolute Gasteiger partial charge is 0.0466 e. The predicted molar refractivity (Wildman–Crippen MR) is 78.2 cm³/mol. The van der Waals surface area contributed by atoms with E-state index >= 15 is 0 Å². The molecule has 1 aromatic rings. The number of aryl methyl sites for hydroxylation is 1. The number of halogens is 1. The van der Waals surface area contributed by atoms with Crippen LogP contribution >= 0.6 is 11.6 Å². The Kier molecular flexibility index (Phi) is 4.32. The molecule has 0 saturated carbocycles. The molecular formula is C16H24ClN. The summed E-state index contributed by atoms with van der Waals surface area (Å²) < 4.78 is 0. The third kappa shape index (κ3) is 3.26. The maximum absolute atomic E-state index is 6.48. The van der Waals surface area contributed by atoms with Crippen molar-refractivity contribution < 1.29 is 0 Å². The lowest BCUT2D eigenvalue weighted by Crippen LogP contribution is -2.22. The molecule has 2 atom stereocenters. The summed E-state index contributed by atoms with van der Waals surface area (Å²) in [5.41, 5.74) is 2.99. The van der Waals surface area contributed by atoms with Gasteiger partial charge in [-0.3, -0.25) is 4.98 Å². The molecule has 0 fully saturated rings. The Bertz CT molecular complexity index is 394. The van der Waals surface area contributed by atoms with E-state index < -0.39 is 0 Å². The van der Waals surface area contributed by atoms with Crippen LogP contribution in [-0.4, -0.2) is 10.4 Å². The molecular weight excluding hydrogens is 242 g/mol. The van der Waals surface area contributed by atoms with Crippen LogP contribution in [0.15, 0.2) is 18.3 Å². The zero-order chi connectivity index (χ0) is 13.2. The summed E-state index contributed by atoms with van der Waals surface area (Å²) in [4.78, 5) is 4.60. The minimum absolute atomic E-state index is 0.198. The molecule has 100 valence electrons. The quantitative estimate of drug-likeness (QED) is 0.706. The molecule has 1 heterocycles. The van der Waals surface area contributed by atoms with Crippen LogP contribution in [0.4, 0.5) is 0 Å². The normalized spacial score (nSPS) is 21.4. The number of aromatic nitrogens is 1.